The number of benzene rings is 2. The van der Waals surface area contributed by atoms with E-state index in [-0.39, 0.29) is 42.0 Å². The first kappa shape index (κ1) is 34.4. The van der Waals surface area contributed by atoms with Crippen LogP contribution in [-0.2, 0) is 22.2 Å². The summed E-state index contributed by atoms with van der Waals surface area (Å²) in [6.07, 6.45) is -4.84. The lowest BCUT2D eigenvalue weighted by Gasteiger charge is -2.27. The van der Waals surface area contributed by atoms with E-state index in [9.17, 15) is 37.1 Å². The first-order valence-corrected chi connectivity index (χ1v) is 14.1. The number of carbonyl (C=O) groups excluding carboxylic acids is 1. The van der Waals surface area contributed by atoms with Crippen LogP contribution in [0.25, 0.3) is 11.1 Å². The lowest BCUT2D eigenvalue weighted by atomic mass is 9.90. The van der Waals surface area contributed by atoms with Crippen molar-refractivity contribution in [3.63, 3.8) is 0 Å². The highest BCUT2D eigenvalue weighted by Gasteiger charge is 2.36. The molecule has 1 unspecified atom stereocenters. The Balaban J connectivity index is 2.16. The van der Waals surface area contributed by atoms with Crippen LogP contribution >= 0.6 is 0 Å². The molecule has 3 aromatic rings. The fourth-order valence-electron chi connectivity index (χ4n) is 5.39. The minimum Gasteiger partial charge on any atom is -0.481 e. The second-order valence-electron chi connectivity index (χ2n) is 11.4. The largest absolute Gasteiger partial charge is 0.481 e. The van der Waals surface area contributed by atoms with Gasteiger partial charge in [-0.3, -0.25) is 14.4 Å². The molecule has 0 saturated heterocycles. The molecule has 0 fully saturated rings. The molecule has 4 N–H and O–H groups in total. The molecule has 0 aliphatic carbocycles. The van der Waals surface area contributed by atoms with E-state index in [1.54, 1.807) is 33.8 Å². The molecule has 2 atom stereocenters. The van der Waals surface area contributed by atoms with Crippen LogP contribution in [-0.4, -0.2) is 28.1 Å². The van der Waals surface area contributed by atoms with Gasteiger partial charge in [0.1, 0.15) is 17.7 Å². The number of hydrogen-bond donors (Lipinski definition) is 3. The molecule has 1 heterocycles. The van der Waals surface area contributed by atoms with Gasteiger partial charge in [0.15, 0.2) is 0 Å². The van der Waals surface area contributed by atoms with Crippen molar-refractivity contribution in [2.75, 3.05) is 6.54 Å². The van der Waals surface area contributed by atoms with Crippen molar-refractivity contribution in [1.29, 1.82) is 0 Å². The molecule has 238 valence electrons. The van der Waals surface area contributed by atoms with Crippen LogP contribution in [0.15, 0.2) is 41.3 Å². The summed E-state index contributed by atoms with van der Waals surface area (Å²) >= 11 is 0. The van der Waals surface area contributed by atoms with Gasteiger partial charge in [0, 0.05) is 17.8 Å². The number of aliphatic carboxylic acids is 1. The lowest BCUT2D eigenvalue weighted by molar-refractivity contribution is -0.139. The third kappa shape index (κ3) is 7.71. The van der Waals surface area contributed by atoms with Gasteiger partial charge in [-0.25, -0.2) is 8.78 Å². The maximum Gasteiger partial charge on any atom is 0.416 e. The van der Waals surface area contributed by atoms with E-state index in [1.165, 1.54) is 25.1 Å². The number of halogens is 5. The number of alkyl halides is 3. The maximum absolute atomic E-state index is 15.6. The molecule has 2 aromatic carbocycles. The zero-order chi connectivity index (χ0) is 33.1. The minimum atomic E-state index is -4.83. The van der Waals surface area contributed by atoms with Crippen molar-refractivity contribution < 1.29 is 36.6 Å². The molecule has 3 rings (SSSR count). The number of carboxylic acids is 1. The third-order valence-corrected chi connectivity index (χ3v) is 7.46. The van der Waals surface area contributed by atoms with Gasteiger partial charge in [0.25, 0.3) is 5.56 Å². The van der Waals surface area contributed by atoms with E-state index >= 15 is 4.39 Å². The highest BCUT2D eigenvalue weighted by atomic mass is 19.4. The number of rotatable bonds is 11. The van der Waals surface area contributed by atoms with Crippen molar-refractivity contribution in [3.05, 3.63) is 91.9 Å². The van der Waals surface area contributed by atoms with Crippen LogP contribution in [0.2, 0.25) is 0 Å². The second kappa shape index (κ2) is 13.7. The minimum absolute atomic E-state index is 0.00217. The van der Waals surface area contributed by atoms with Gasteiger partial charge in [0.2, 0.25) is 5.91 Å². The quantitative estimate of drug-likeness (QED) is 0.222. The number of aromatic nitrogens is 1. The van der Waals surface area contributed by atoms with Crippen LogP contribution in [0, 0.1) is 38.3 Å². The Morgan fingerprint density at radius 1 is 1.05 bits per heavy atom. The van der Waals surface area contributed by atoms with Crippen molar-refractivity contribution >= 4 is 11.9 Å². The average Bonchev–Trinajstić information content (AvgIpc) is 2.91. The number of nitrogens with zero attached hydrogens (tertiary/aromatic N) is 1. The molecule has 7 nitrogen and oxygen atoms in total. The summed E-state index contributed by atoms with van der Waals surface area (Å²) in [6, 6.07) is 3.34. The number of nitrogens with one attached hydrogen (secondary N) is 1. The van der Waals surface area contributed by atoms with Gasteiger partial charge in [-0.2, -0.15) is 13.2 Å². The number of carboxylic acid groups (broad SMARTS) is 1. The molecule has 44 heavy (non-hydrogen) atoms. The summed E-state index contributed by atoms with van der Waals surface area (Å²) in [5.41, 5.74) is 4.81. The van der Waals surface area contributed by atoms with Crippen LogP contribution < -0.4 is 16.6 Å². The van der Waals surface area contributed by atoms with Crippen molar-refractivity contribution in [2.24, 2.45) is 11.7 Å². The van der Waals surface area contributed by atoms with E-state index in [0.29, 0.717) is 28.3 Å². The predicted octanol–water partition coefficient (Wildman–Crippen LogP) is 6.16. The number of amides is 1. The predicted molar refractivity (Wildman–Crippen MR) is 156 cm³/mol. The molecular formula is C32H36F5N3O4. The molecule has 0 radical (unpaired) electrons. The van der Waals surface area contributed by atoms with E-state index < -0.39 is 59.3 Å². The number of pyridine rings is 1. The lowest BCUT2D eigenvalue weighted by Crippen LogP contribution is -2.41. The molecule has 12 heteroatoms. The van der Waals surface area contributed by atoms with E-state index in [4.69, 9.17) is 5.73 Å². The van der Waals surface area contributed by atoms with Crippen LogP contribution in [0.3, 0.4) is 0 Å². The monoisotopic (exact) mass is 621 g/mol. The first-order chi connectivity index (χ1) is 20.5. The molecule has 1 amide bonds. The van der Waals surface area contributed by atoms with Crippen LogP contribution in [0.1, 0.15) is 72.2 Å². The fraction of sp³-hybridized carbons (Fsp3) is 0.406. The second-order valence-corrected chi connectivity index (χ2v) is 11.4. The van der Waals surface area contributed by atoms with Gasteiger partial charge in [-0.1, -0.05) is 19.9 Å². The molecule has 0 aliphatic heterocycles. The Morgan fingerprint density at radius 2 is 1.70 bits per heavy atom. The van der Waals surface area contributed by atoms with Crippen LogP contribution in [0.4, 0.5) is 22.0 Å². The van der Waals surface area contributed by atoms with Crippen molar-refractivity contribution in [2.45, 2.75) is 72.1 Å². The number of aryl methyl sites for hydroxylation is 2. The van der Waals surface area contributed by atoms with Gasteiger partial charge in [-0.05, 0) is 97.7 Å². The van der Waals surface area contributed by atoms with Gasteiger partial charge < -0.3 is 20.7 Å². The Bertz CT molecular complexity index is 1610. The smallest absolute Gasteiger partial charge is 0.416 e. The zero-order valence-corrected chi connectivity index (χ0v) is 25.1. The van der Waals surface area contributed by atoms with Crippen molar-refractivity contribution in [3.8, 4) is 11.1 Å². The molecule has 0 saturated carbocycles. The maximum atomic E-state index is 15.6. The highest BCUT2D eigenvalue weighted by Crippen LogP contribution is 2.35. The van der Waals surface area contributed by atoms with Gasteiger partial charge in [0.05, 0.1) is 18.0 Å². The standard InChI is InChI=1S/C32H36F5N3O4/c1-16(2)10-26(40-15-20(8-9-38)23(13-27(40)41)32(35,36)37)31(44)39-25(14-28(42)43)22-12-21(11-18(4)30(22)34)29-17(3)6-7-24(33)19(29)5/h6-7,11-13,15-16,25-26H,8-10,14,38H2,1-5H3,(H,39,44)(H,42,43)/t25-,26?/m0/s1. The summed E-state index contributed by atoms with van der Waals surface area (Å²) in [6.45, 7) is 8.08. The molecule has 0 aliphatic rings. The molecule has 0 spiro atoms. The Kier molecular flexibility index (Phi) is 10.7. The van der Waals surface area contributed by atoms with Crippen molar-refractivity contribution in [1.82, 2.24) is 9.88 Å². The number of hydrogen-bond acceptors (Lipinski definition) is 4. The Hall–Kier alpha value is -4.06. The number of nitrogens with two attached hydrogens (primary N) is 1. The summed E-state index contributed by atoms with van der Waals surface area (Å²) in [7, 11) is 0. The van der Waals surface area contributed by atoms with E-state index in [1.807, 2.05) is 0 Å². The van der Waals surface area contributed by atoms with E-state index in [2.05, 4.69) is 5.32 Å². The SMILES string of the molecule is Cc1cc(-c2c(C)ccc(F)c2C)cc([C@H](CC(=O)O)NC(=O)C(CC(C)C)n2cc(CCN)c(C(F)(F)F)cc2=O)c1F. The first-order valence-electron chi connectivity index (χ1n) is 14.1. The summed E-state index contributed by atoms with van der Waals surface area (Å²) in [4.78, 5) is 38.6. The van der Waals surface area contributed by atoms with Crippen LogP contribution in [0.5, 0.6) is 0 Å². The molecule has 1 aromatic heterocycles. The Labute approximate surface area is 251 Å². The fourth-order valence-corrected chi connectivity index (χ4v) is 5.39. The zero-order valence-electron chi connectivity index (χ0n) is 25.1. The average molecular weight is 622 g/mol. The molecule has 0 bridgehead atoms. The Morgan fingerprint density at radius 3 is 2.27 bits per heavy atom. The third-order valence-electron chi connectivity index (χ3n) is 7.46. The normalized spacial score (nSPS) is 13.2. The summed E-state index contributed by atoms with van der Waals surface area (Å²) in [5, 5.41) is 12.2. The number of carbonyl (C=O) groups is 2. The van der Waals surface area contributed by atoms with E-state index in [0.717, 1.165) is 10.8 Å². The van der Waals surface area contributed by atoms with Gasteiger partial charge >= 0.3 is 12.1 Å². The molecular weight excluding hydrogens is 585 g/mol. The van der Waals surface area contributed by atoms with Gasteiger partial charge in [-0.15, -0.1) is 0 Å². The highest BCUT2D eigenvalue weighted by molar-refractivity contribution is 5.82. The summed E-state index contributed by atoms with van der Waals surface area (Å²) < 4.78 is 71.9. The topological polar surface area (TPSA) is 114 Å². The summed E-state index contributed by atoms with van der Waals surface area (Å²) in [5.74, 6) is -3.75.